The minimum Gasteiger partial charge on any atom is -0.324 e. The Kier molecular flexibility index (Phi) is 2.82. The van der Waals surface area contributed by atoms with Crippen LogP contribution in [-0.4, -0.2) is 0 Å². The van der Waals surface area contributed by atoms with Crippen molar-refractivity contribution in [1.29, 1.82) is 0 Å². The summed E-state index contributed by atoms with van der Waals surface area (Å²) in [5.41, 5.74) is 6.92. The van der Waals surface area contributed by atoms with Crippen molar-refractivity contribution in [2.24, 2.45) is 0 Å². The molecule has 0 atom stereocenters. The Hall–Kier alpha value is -2.04. The molecule has 0 bridgehead atoms. The molecule has 0 spiro atoms. The van der Waals surface area contributed by atoms with Gasteiger partial charge in [-0.3, -0.25) is 0 Å². The molecule has 1 heteroatoms. The zero-order chi connectivity index (χ0) is 10.5. The molecule has 3 N–H and O–H groups in total. The van der Waals surface area contributed by atoms with Crippen LogP contribution in [-0.2, 0) is 0 Å². The molecule has 0 aliphatic carbocycles. The van der Waals surface area contributed by atoms with E-state index < -0.39 is 0 Å². The van der Waals surface area contributed by atoms with Gasteiger partial charge in [0.15, 0.2) is 0 Å². The highest BCUT2D eigenvalue weighted by molar-refractivity contribution is 5.52. The zero-order valence-electron chi connectivity index (χ0n) is 8.40. The maximum atomic E-state index is 3.93. The van der Waals surface area contributed by atoms with Gasteiger partial charge >= 0.3 is 0 Å². The van der Waals surface area contributed by atoms with Gasteiger partial charge in [-0.1, -0.05) is 42.2 Å². The van der Waals surface area contributed by atoms with Crippen molar-refractivity contribution < 1.29 is 5.73 Å². The largest absolute Gasteiger partial charge is 0.324 e. The van der Waals surface area contributed by atoms with Gasteiger partial charge in [0.1, 0.15) is 5.69 Å². The molecule has 0 unspecified atom stereocenters. The van der Waals surface area contributed by atoms with E-state index in [9.17, 15) is 0 Å². The van der Waals surface area contributed by atoms with Crippen LogP contribution in [0, 0.1) is 11.8 Å². The lowest BCUT2D eigenvalue weighted by Gasteiger charge is -1.91. The topological polar surface area (TPSA) is 27.6 Å². The van der Waals surface area contributed by atoms with Gasteiger partial charge in [-0.05, 0) is 18.2 Å². The van der Waals surface area contributed by atoms with E-state index in [4.69, 9.17) is 0 Å². The summed E-state index contributed by atoms with van der Waals surface area (Å²) in [6.07, 6.45) is 0. The lowest BCUT2D eigenvalue weighted by atomic mass is 10.1. The second-order valence-electron chi connectivity index (χ2n) is 3.27. The smallest absolute Gasteiger partial charge is 0.143 e. The summed E-state index contributed by atoms with van der Waals surface area (Å²) in [5, 5.41) is 0. The van der Waals surface area contributed by atoms with Crippen molar-refractivity contribution in [3.8, 4) is 11.8 Å². The van der Waals surface area contributed by atoms with Crippen LogP contribution >= 0.6 is 0 Å². The molecule has 72 valence electrons. The summed E-state index contributed by atoms with van der Waals surface area (Å²) in [7, 11) is 0. The van der Waals surface area contributed by atoms with Crippen molar-refractivity contribution in [1.82, 2.24) is 0 Å². The standard InChI is InChI=1S/C14H11N/c15-14-9-5-4-8-13(14)11-10-12-6-2-1-3-7-12/h1-9H,15H2/p+1. The van der Waals surface area contributed by atoms with Gasteiger partial charge in [0.25, 0.3) is 0 Å². The Morgan fingerprint density at radius 3 is 2.13 bits per heavy atom. The minimum atomic E-state index is 0.973. The van der Waals surface area contributed by atoms with E-state index in [1.165, 1.54) is 0 Å². The van der Waals surface area contributed by atoms with Gasteiger partial charge in [0, 0.05) is 11.6 Å². The van der Waals surface area contributed by atoms with Gasteiger partial charge in [0.2, 0.25) is 0 Å². The first-order valence-electron chi connectivity index (χ1n) is 4.84. The summed E-state index contributed by atoms with van der Waals surface area (Å²) < 4.78 is 0. The van der Waals surface area contributed by atoms with E-state index in [-0.39, 0.29) is 0 Å². The maximum absolute atomic E-state index is 3.93. The van der Waals surface area contributed by atoms with Crippen molar-refractivity contribution >= 4 is 5.69 Å². The first kappa shape index (κ1) is 9.51. The molecule has 1 nitrogen and oxygen atoms in total. The highest BCUT2D eigenvalue weighted by Crippen LogP contribution is 2.06. The monoisotopic (exact) mass is 194 g/mol. The molecule has 0 aliphatic heterocycles. The predicted octanol–water partition coefficient (Wildman–Crippen LogP) is 1.96. The molecule has 0 fully saturated rings. The number of hydrogen-bond acceptors (Lipinski definition) is 0. The summed E-state index contributed by atoms with van der Waals surface area (Å²) >= 11 is 0. The van der Waals surface area contributed by atoms with Gasteiger partial charge < -0.3 is 5.73 Å². The van der Waals surface area contributed by atoms with Gasteiger partial charge in [-0.25, -0.2) is 0 Å². The number of quaternary nitrogens is 1. The zero-order valence-corrected chi connectivity index (χ0v) is 8.40. The van der Waals surface area contributed by atoms with Crippen LogP contribution in [0.1, 0.15) is 11.1 Å². The fourth-order valence-corrected chi connectivity index (χ4v) is 1.30. The molecule has 2 aromatic rings. The third-order valence-corrected chi connectivity index (χ3v) is 2.13. The van der Waals surface area contributed by atoms with Crippen LogP contribution in [0.4, 0.5) is 5.69 Å². The van der Waals surface area contributed by atoms with E-state index in [0.717, 1.165) is 16.8 Å². The molecule has 0 saturated carbocycles. The van der Waals surface area contributed by atoms with Gasteiger partial charge in [-0.2, -0.15) is 0 Å². The van der Waals surface area contributed by atoms with E-state index in [2.05, 4.69) is 17.6 Å². The number of rotatable bonds is 0. The predicted molar refractivity (Wildman–Crippen MR) is 61.4 cm³/mol. The van der Waals surface area contributed by atoms with Crippen LogP contribution in [0.15, 0.2) is 54.6 Å². The molecule has 2 rings (SSSR count). The molecule has 0 aromatic heterocycles. The third-order valence-electron chi connectivity index (χ3n) is 2.13. The lowest BCUT2D eigenvalue weighted by molar-refractivity contribution is -0.255. The van der Waals surface area contributed by atoms with Crippen molar-refractivity contribution in [3.05, 3.63) is 65.7 Å². The molecule has 15 heavy (non-hydrogen) atoms. The average molecular weight is 194 g/mol. The van der Waals surface area contributed by atoms with Crippen LogP contribution in [0.5, 0.6) is 0 Å². The summed E-state index contributed by atoms with van der Waals surface area (Å²) in [6.45, 7) is 0. The molecule has 2 aromatic carbocycles. The number of benzene rings is 2. The molecule has 0 amide bonds. The average Bonchev–Trinajstić information content (AvgIpc) is 2.29. The number of hydrogen-bond donors (Lipinski definition) is 1. The maximum Gasteiger partial charge on any atom is 0.143 e. The van der Waals surface area contributed by atoms with Crippen LogP contribution in [0.3, 0.4) is 0 Å². The van der Waals surface area contributed by atoms with Crippen molar-refractivity contribution in [3.63, 3.8) is 0 Å². The van der Waals surface area contributed by atoms with Crippen LogP contribution in [0.2, 0.25) is 0 Å². The van der Waals surface area contributed by atoms with E-state index >= 15 is 0 Å². The van der Waals surface area contributed by atoms with Crippen molar-refractivity contribution in [2.75, 3.05) is 0 Å². The lowest BCUT2D eigenvalue weighted by Crippen LogP contribution is -2.41. The summed E-state index contributed by atoms with van der Waals surface area (Å²) in [5.74, 6) is 6.23. The first-order valence-corrected chi connectivity index (χ1v) is 4.84. The Labute approximate surface area is 89.6 Å². The molecule has 0 heterocycles. The Balaban J connectivity index is 2.31. The second kappa shape index (κ2) is 4.45. The summed E-state index contributed by atoms with van der Waals surface area (Å²) in [6, 6.07) is 17.9. The van der Waals surface area contributed by atoms with E-state index in [1.807, 2.05) is 54.6 Å². The van der Waals surface area contributed by atoms with E-state index in [0.29, 0.717) is 0 Å². The molecular weight excluding hydrogens is 182 g/mol. The Morgan fingerprint density at radius 2 is 1.40 bits per heavy atom. The SMILES string of the molecule is [NH3+]c1ccccc1C#Cc1ccccc1. The molecular formula is C14H12N+. The highest BCUT2D eigenvalue weighted by Gasteiger charge is 1.94. The minimum absolute atomic E-state index is 0.973. The summed E-state index contributed by atoms with van der Waals surface area (Å²) in [4.78, 5) is 0. The van der Waals surface area contributed by atoms with Crippen LogP contribution < -0.4 is 5.73 Å². The molecule has 0 saturated heterocycles. The molecule has 0 radical (unpaired) electrons. The third kappa shape index (κ3) is 2.46. The van der Waals surface area contributed by atoms with Gasteiger partial charge in [0.05, 0.1) is 5.56 Å². The Bertz CT molecular complexity index is 504. The highest BCUT2D eigenvalue weighted by atomic mass is 14.5. The Morgan fingerprint density at radius 1 is 0.733 bits per heavy atom. The fraction of sp³-hybridized carbons (Fsp3) is 0. The van der Waals surface area contributed by atoms with Crippen LogP contribution in [0.25, 0.3) is 0 Å². The van der Waals surface area contributed by atoms with Crippen molar-refractivity contribution in [2.45, 2.75) is 0 Å². The second-order valence-corrected chi connectivity index (χ2v) is 3.27. The van der Waals surface area contributed by atoms with E-state index in [1.54, 1.807) is 0 Å². The quantitative estimate of drug-likeness (QED) is 0.621. The first-order chi connectivity index (χ1) is 7.36. The fourth-order valence-electron chi connectivity index (χ4n) is 1.30. The molecule has 0 aliphatic rings. The van der Waals surface area contributed by atoms with Gasteiger partial charge in [-0.15, -0.1) is 0 Å². The normalized spacial score (nSPS) is 9.13.